The molecule has 0 radical (unpaired) electrons. The van der Waals surface area contributed by atoms with Crippen molar-refractivity contribution in [2.75, 3.05) is 18.5 Å². The Balaban J connectivity index is 1.78. The van der Waals surface area contributed by atoms with Gasteiger partial charge in [0.25, 0.3) is 11.8 Å². The van der Waals surface area contributed by atoms with Crippen LogP contribution in [0.5, 0.6) is 5.75 Å². The number of carbonyl (C=O) groups is 2. The summed E-state index contributed by atoms with van der Waals surface area (Å²) in [5.41, 5.74) is 2.07. The van der Waals surface area contributed by atoms with Gasteiger partial charge in [0.15, 0.2) is 6.61 Å². The molecule has 0 saturated carbocycles. The van der Waals surface area contributed by atoms with E-state index in [1.165, 1.54) is 6.07 Å². The molecule has 0 aliphatic rings. The highest BCUT2D eigenvalue weighted by Crippen LogP contribution is 2.29. The minimum Gasteiger partial charge on any atom is -0.483 e. The fourth-order valence-electron chi connectivity index (χ4n) is 2.91. The Kier molecular flexibility index (Phi) is 6.25. The van der Waals surface area contributed by atoms with Gasteiger partial charge in [0.2, 0.25) is 0 Å². The highest BCUT2D eigenvalue weighted by atomic mass is 19.4. The highest BCUT2D eigenvalue weighted by Gasteiger charge is 2.27. The Hall–Kier alpha value is -3.55. The lowest BCUT2D eigenvalue weighted by molar-refractivity contribution is -0.139. The molecule has 156 valence electrons. The van der Waals surface area contributed by atoms with E-state index in [1.54, 1.807) is 41.7 Å². The Morgan fingerprint density at radius 2 is 1.70 bits per heavy atom. The zero-order valence-electron chi connectivity index (χ0n) is 16.0. The van der Waals surface area contributed by atoms with Gasteiger partial charge >= 0.3 is 6.18 Å². The lowest BCUT2D eigenvalue weighted by Gasteiger charge is -2.13. The summed E-state index contributed by atoms with van der Waals surface area (Å²) in [5.74, 6) is -0.913. The molecule has 2 N–H and O–H groups in total. The van der Waals surface area contributed by atoms with Crippen LogP contribution in [-0.2, 0) is 4.79 Å². The average Bonchev–Trinajstić information content (AvgIpc) is 2.69. The maximum atomic E-state index is 12.8. The molecule has 5 nitrogen and oxygen atoms in total. The van der Waals surface area contributed by atoms with Crippen LogP contribution in [0.25, 0.3) is 10.8 Å². The number of alkyl halides is 3. The first-order chi connectivity index (χ1) is 14.2. The summed E-state index contributed by atoms with van der Waals surface area (Å²) in [6, 6.07) is 17.4. The Morgan fingerprint density at radius 3 is 2.40 bits per heavy atom. The number of aryl methyl sites for hydroxylation is 1. The molecule has 0 spiro atoms. The van der Waals surface area contributed by atoms with Crippen LogP contribution in [-0.4, -0.2) is 31.1 Å². The van der Waals surface area contributed by atoms with Crippen LogP contribution in [0.3, 0.4) is 0 Å². The summed E-state index contributed by atoms with van der Waals surface area (Å²) >= 11 is 0. The van der Waals surface area contributed by atoms with Crippen LogP contribution in [0.4, 0.5) is 18.9 Å². The quantitative estimate of drug-likeness (QED) is 0.624. The maximum Gasteiger partial charge on any atom is 0.405 e. The predicted octanol–water partition coefficient (Wildman–Crippen LogP) is 4.46. The van der Waals surface area contributed by atoms with Gasteiger partial charge in [0.05, 0.1) is 0 Å². The Labute approximate surface area is 170 Å². The van der Waals surface area contributed by atoms with Gasteiger partial charge < -0.3 is 15.4 Å². The van der Waals surface area contributed by atoms with Crippen LogP contribution in [0.1, 0.15) is 15.9 Å². The monoisotopic (exact) mass is 416 g/mol. The molecule has 30 heavy (non-hydrogen) atoms. The molecule has 3 aromatic rings. The number of ether oxygens (including phenoxy) is 1. The molecule has 0 saturated heterocycles. The van der Waals surface area contributed by atoms with Gasteiger partial charge in [-0.1, -0.05) is 36.4 Å². The van der Waals surface area contributed by atoms with Crippen molar-refractivity contribution in [1.29, 1.82) is 0 Å². The SMILES string of the molecule is Cc1cccc(NC(=O)c2ccc(OCC(=O)NCC(F)(F)F)c3ccccc23)c1. The van der Waals surface area contributed by atoms with Crippen molar-refractivity contribution >= 4 is 28.3 Å². The van der Waals surface area contributed by atoms with Crippen molar-refractivity contribution in [2.24, 2.45) is 0 Å². The van der Waals surface area contributed by atoms with E-state index in [0.717, 1.165) is 5.56 Å². The molecule has 0 unspecified atom stereocenters. The minimum absolute atomic E-state index is 0.292. The molecular weight excluding hydrogens is 397 g/mol. The third-order valence-corrected chi connectivity index (χ3v) is 4.25. The fourth-order valence-corrected chi connectivity index (χ4v) is 2.91. The molecule has 0 aliphatic carbocycles. The minimum atomic E-state index is -4.49. The van der Waals surface area contributed by atoms with E-state index < -0.39 is 25.2 Å². The summed E-state index contributed by atoms with van der Waals surface area (Å²) < 4.78 is 42.0. The van der Waals surface area contributed by atoms with E-state index in [9.17, 15) is 22.8 Å². The van der Waals surface area contributed by atoms with Gasteiger partial charge in [0.1, 0.15) is 12.3 Å². The van der Waals surface area contributed by atoms with Crippen molar-refractivity contribution in [2.45, 2.75) is 13.1 Å². The summed E-state index contributed by atoms with van der Waals surface area (Å²) in [5, 5.41) is 5.75. The first-order valence-corrected chi connectivity index (χ1v) is 9.09. The van der Waals surface area contributed by atoms with Gasteiger partial charge in [0, 0.05) is 16.6 Å². The number of halogens is 3. The lowest BCUT2D eigenvalue weighted by Crippen LogP contribution is -2.36. The number of hydrogen-bond donors (Lipinski definition) is 2. The zero-order chi connectivity index (χ0) is 21.7. The Bertz CT molecular complexity index is 1080. The van der Waals surface area contributed by atoms with Gasteiger partial charge in [-0.3, -0.25) is 9.59 Å². The number of anilines is 1. The summed E-state index contributed by atoms with van der Waals surface area (Å²) in [6.07, 6.45) is -4.49. The molecule has 0 fully saturated rings. The van der Waals surface area contributed by atoms with E-state index in [-0.39, 0.29) is 5.91 Å². The zero-order valence-corrected chi connectivity index (χ0v) is 16.0. The lowest BCUT2D eigenvalue weighted by atomic mass is 10.0. The van der Waals surface area contributed by atoms with Gasteiger partial charge in [-0.2, -0.15) is 13.2 Å². The highest BCUT2D eigenvalue weighted by molar-refractivity contribution is 6.14. The van der Waals surface area contributed by atoms with Crippen LogP contribution in [0.15, 0.2) is 60.7 Å². The van der Waals surface area contributed by atoms with E-state index in [4.69, 9.17) is 4.74 Å². The third kappa shape index (κ3) is 5.50. The molecule has 2 amide bonds. The van der Waals surface area contributed by atoms with Crippen molar-refractivity contribution in [3.63, 3.8) is 0 Å². The van der Waals surface area contributed by atoms with Gasteiger partial charge in [-0.05, 0) is 42.1 Å². The van der Waals surface area contributed by atoms with Crippen molar-refractivity contribution in [1.82, 2.24) is 5.32 Å². The molecule has 8 heteroatoms. The number of rotatable bonds is 6. The third-order valence-electron chi connectivity index (χ3n) is 4.25. The molecular formula is C22H19F3N2O3. The smallest absolute Gasteiger partial charge is 0.405 e. The summed E-state index contributed by atoms with van der Waals surface area (Å²) in [4.78, 5) is 24.4. The van der Waals surface area contributed by atoms with Crippen LogP contribution < -0.4 is 15.4 Å². The molecule has 0 bridgehead atoms. The number of carbonyl (C=O) groups excluding carboxylic acids is 2. The second kappa shape index (κ2) is 8.86. The molecule has 3 aromatic carbocycles. The molecule has 0 aliphatic heterocycles. The number of amides is 2. The van der Waals surface area contributed by atoms with Crippen LogP contribution in [0.2, 0.25) is 0 Å². The second-order valence-electron chi connectivity index (χ2n) is 6.66. The maximum absolute atomic E-state index is 12.8. The predicted molar refractivity (Wildman–Crippen MR) is 108 cm³/mol. The Morgan fingerprint density at radius 1 is 0.967 bits per heavy atom. The topological polar surface area (TPSA) is 67.4 Å². The van der Waals surface area contributed by atoms with Crippen LogP contribution in [0, 0.1) is 6.92 Å². The largest absolute Gasteiger partial charge is 0.483 e. The number of nitrogens with one attached hydrogen (secondary N) is 2. The van der Waals surface area contributed by atoms with E-state index in [0.29, 0.717) is 27.8 Å². The normalized spacial score (nSPS) is 11.2. The van der Waals surface area contributed by atoms with Crippen molar-refractivity contribution in [3.05, 3.63) is 71.8 Å². The van der Waals surface area contributed by atoms with E-state index >= 15 is 0 Å². The molecule has 3 rings (SSSR count). The first-order valence-electron chi connectivity index (χ1n) is 9.09. The first kappa shape index (κ1) is 21.2. The second-order valence-corrected chi connectivity index (χ2v) is 6.66. The number of hydrogen-bond acceptors (Lipinski definition) is 3. The summed E-state index contributed by atoms with van der Waals surface area (Å²) in [6.45, 7) is -0.0784. The van der Waals surface area contributed by atoms with Crippen molar-refractivity contribution < 1.29 is 27.5 Å². The van der Waals surface area contributed by atoms with Crippen molar-refractivity contribution in [3.8, 4) is 5.75 Å². The average molecular weight is 416 g/mol. The number of benzene rings is 3. The van der Waals surface area contributed by atoms with Gasteiger partial charge in [-0.25, -0.2) is 0 Å². The number of fused-ring (bicyclic) bond motifs is 1. The molecule has 0 atom stereocenters. The van der Waals surface area contributed by atoms with Crippen LogP contribution >= 0.6 is 0 Å². The summed E-state index contributed by atoms with van der Waals surface area (Å²) in [7, 11) is 0. The molecule has 0 heterocycles. The molecule has 0 aromatic heterocycles. The van der Waals surface area contributed by atoms with E-state index in [1.807, 2.05) is 25.1 Å². The van der Waals surface area contributed by atoms with Gasteiger partial charge in [-0.15, -0.1) is 0 Å². The van der Waals surface area contributed by atoms with E-state index in [2.05, 4.69) is 5.32 Å². The fraction of sp³-hybridized carbons (Fsp3) is 0.182. The standard InChI is InChI=1S/C22H19F3N2O3/c1-14-5-4-6-15(11-14)27-21(29)18-9-10-19(17-8-3-2-7-16(17)18)30-12-20(28)26-13-22(23,24)25/h2-11H,12-13H2,1H3,(H,26,28)(H,27,29).